The maximum absolute atomic E-state index is 4.86. The van der Waals surface area contributed by atoms with Gasteiger partial charge in [0.15, 0.2) is 11.0 Å². The van der Waals surface area contributed by atoms with Crippen molar-refractivity contribution < 1.29 is 4.57 Å². The SMILES string of the molecule is Cn1c(-c2ccc(-c3ccc4ccc(-c5ccc(-c6[nH]c7ccccc7[n+]6C)cc5)cc4c3)cc2)nc2ccccc21. The zero-order valence-electron chi connectivity index (χ0n) is 23.5. The van der Waals surface area contributed by atoms with E-state index in [1.807, 2.05) is 6.07 Å². The number of benzene rings is 6. The lowest BCUT2D eigenvalue weighted by Crippen LogP contribution is -2.28. The molecule has 0 bridgehead atoms. The molecule has 0 atom stereocenters. The fourth-order valence-electron chi connectivity index (χ4n) is 6.11. The first kappa shape index (κ1) is 24.3. The predicted octanol–water partition coefficient (Wildman–Crippen LogP) is 8.70. The molecule has 1 N–H and O–H groups in total. The Labute approximate surface area is 244 Å². The molecule has 6 aromatic carbocycles. The van der Waals surface area contributed by atoms with Crippen LogP contribution in [0.5, 0.6) is 0 Å². The van der Waals surface area contributed by atoms with Crippen molar-refractivity contribution in [3.63, 3.8) is 0 Å². The van der Waals surface area contributed by atoms with Crippen LogP contribution < -0.4 is 4.57 Å². The number of aromatic amines is 1. The number of rotatable bonds is 4. The molecular weight excluding hydrogens is 512 g/mol. The van der Waals surface area contributed by atoms with E-state index in [1.165, 1.54) is 44.1 Å². The van der Waals surface area contributed by atoms with Crippen molar-refractivity contribution in [3.8, 4) is 45.0 Å². The third kappa shape index (κ3) is 4.00. The molecule has 2 aromatic heterocycles. The molecule has 0 aliphatic carbocycles. The van der Waals surface area contributed by atoms with Crippen molar-refractivity contribution in [2.24, 2.45) is 14.1 Å². The van der Waals surface area contributed by atoms with Crippen molar-refractivity contribution >= 4 is 32.8 Å². The maximum Gasteiger partial charge on any atom is 0.287 e. The van der Waals surface area contributed by atoms with Crippen molar-refractivity contribution in [2.75, 3.05) is 0 Å². The van der Waals surface area contributed by atoms with Crippen LogP contribution in [-0.2, 0) is 14.1 Å². The zero-order chi connectivity index (χ0) is 28.2. The van der Waals surface area contributed by atoms with Crippen LogP contribution in [0.3, 0.4) is 0 Å². The molecule has 0 radical (unpaired) electrons. The van der Waals surface area contributed by atoms with Gasteiger partial charge in [0.2, 0.25) is 0 Å². The quantitative estimate of drug-likeness (QED) is 0.222. The summed E-state index contributed by atoms with van der Waals surface area (Å²) >= 11 is 0. The molecule has 200 valence electrons. The molecule has 8 aromatic rings. The molecule has 8 rings (SSSR count). The Morgan fingerprint density at radius 3 is 1.81 bits per heavy atom. The first-order valence-electron chi connectivity index (χ1n) is 14.3. The molecule has 0 aliphatic heterocycles. The van der Waals surface area contributed by atoms with Gasteiger partial charge >= 0.3 is 0 Å². The van der Waals surface area contributed by atoms with Gasteiger partial charge in [0, 0.05) is 12.6 Å². The Balaban J connectivity index is 1.09. The van der Waals surface area contributed by atoms with Gasteiger partial charge in [0.1, 0.15) is 5.82 Å². The number of hydrogen-bond acceptors (Lipinski definition) is 1. The molecule has 0 spiro atoms. The second kappa shape index (κ2) is 9.57. The van der Waals surface area contributed by atoms with Gasteiger partial charge in [-0.3, -0.25) is 0 Å². The number of nitrogens with one attached hydrogen (secondary N) is 1. The summed E-state index contributed by atoms with van der Waals surface area (Å²) in [4.78, 5) is 8.43. The average molecular weight is 542 g/mol. The largest absolute Gasteiger partial charge is 0.327 e. The number of imidazole rings is 2. The minimum absolute atomic E-state index is 0.982. The summed E-state index contributed by atoms with van der Waals surface area (Å²) in [7, 11) is 4.19. The van der Waals surface area contributed by atoms with E-state index in [0.29, 0.717) is 0 Å². The molecule has 0 saturated heterocycles. The average Bonchev–Trinajstić information content (AvgIpc) is 3.57. The number of para-hydroxylation sites is 4. The summed E-state index contributed by atoms with van der Waals surface area (Å²) in [6, 6.07) is 47.7. The third-order valence-electron chi connectivity index (χ3n) is 8.45. The van der Waals surface area contributed by atoms with E-state index in [0.717, 1.165) is 33.8 Å². The van der Waals surface area contributed by atoms with E-state index in [2.05, 4.69) is 156 Å². The topological polar surface area (TPSA) is 37.5 Å². The van der Waals surface area contributed by atoms with Gasteiger partial charge in [-0.25, -0.2) is 14.5 Å². The van der Waals surface area contributed by atoms with Gasteiger partial charge in [0.05, 0.1) is 23.6 Å². The van der Waals surface area contributed by atoms with Crippen LogP contribution in [0.1, 0.15) is 0 Å². The highest BCUT2D eigenvalue weighted by molar-refractivity contribution is 5.91. The van der Waals surface area contributed by atoms with E-state index in [1.54, 1.807) is 0 Å². The molecule has 0 unspecified atom stereocenters. The van der Waals surface area contributed by atoms with E-state index >= 15 is 0 Å². The smallest absolute Gasteiger partial charge is 0.287 e. The Bertz CT molecular complexity index is 2090. The monoisotopic (exact) mass is 541 g/mol. The molecule has 2 heterocycles. The van der Waals surface area contributed by atoms with Gasteiger partial charge < -0.3 is 4.57 Å². The predicted molar refractivity (Wildman–Crippen MR) is 173 cm³/mol. The van der Waals surface area contributed by atoms with Crippen molar-refractivity contribution in [3.05, 3.63) is 133 Å². The van der Waals surface area contributed by atoms with Gasteiger partial charge in [-0.05, 0) is 81.6 Å². The van der Waals surface area contributed by atoms with Gasteiger partial charge in [-0.1, -0.05) is 84.9 Å². The van der Waals surface area contributed by atoms with Crippen LogP contribution in [-0.4, -0.2) is 14.5 Å². The van der Waals surface area contributed by atoms with Crippen molar-refractivity contribution in [1.29, 1.82) is 0 Å². The summed E-state index contributed by atoms with van der Waals surface area (Å²) in [5.41, 5.74) is 11.6. The Hall–Kier alpha value is -5.48. The minimum atomic E-state index is 0.982. The lowest BCUT2D eigenvalue weighted by Gasteiger charge is -2.09. The lowest BCUT2D eigenvalue weighted by molar-refractivity contribution is -0.633. The fraction of sp³-hybridized carbons (Fsp3) is 0.0526. The lowest BCUT2D eigenvalue weighted by atomic mass is 9.97. The number of fused-ring (bicyclic) bond motifs is 3. The molecule has 0 saturated carbocycles. The second-order valence-electron chi connectivity index (χ2n) is 11.0. The third-order valence-corrected chi connectivity index (χ3v) is 8.45. The van der Waals surface area contributed by atoms with Gasteiger partial charge in [-0.15, -0.1) is 0 Å². The summed E-state index contributed by atoms with van der Waals surface area (Å²) in [6.07, 6.45) is 0. The molecule has 4 nitrogen and oxygen atoms in total. The van der Waals surface area contributed by atoms with Crippen LogP contribution in [0.2, 0.25) is 0 Å². The van der Waals surface area contributed by atoms with Crippen LogP contribution in [0, 0.1) is 0 Å². The highest BCUT2D eigenvalue weighted by atomic mass is 15.1. The van der Waals surface area contributed by atoms with E-state index in [4.69, 9.17) is 4.98 Å². The first-order valence-corrected chi connectivity index (χ1v) is 14.3. The minimum Gasteiger partial charge on any atom is -0.327 e. The fourth-order valence-corrected chi connectivity index (χ4v) is 6.11. The number of hydrogen-bond donors (Lipinski definition) is 1. The maximum atomic E-state index is 4.86. The van der Waals surface area contributed by atoms with E-state index < -0.39 is 0 Å². The summed E-state index contributed by atoms with van der Waals surface area (Å²) < 4.78 is 4.38. The molecule has 0 fully saturated rings. The first-order chi connectivity index (χ1) is 20.6. The summed E-state index contributed by atoms with van der Waals surface area (Å²) in [5, 5.41) is 2.47. The number of nitrogens with zero attached hydrogens (tertiary/aromatic N) is 3. The molecule has 0 amide bonds. The summed E-state index contributed by atoms with van der Waals surface area (Å²) in [6.45, 7) is 0. The Morgan fingerprint density at radius 1 is 0.571 bits per heavy atom. The van der Waals surface area contributed by atoms with Gasteiger partial charge in [0.25, 0.3) is 5.82 Å². The molecule has 42 heavy (non-hydrogen) atoms. The van der Waals surface area contributed by atoms with Crippen LogP contribution in [0.25, 0.3) is 77.9 Å². The Kier molecular flexibility index (Phi) is 5.54. The van der Waals surface area contributed by atoms with E-state index in [-0.39, 0.29) is 0 Å². The zero-order valence-corrected chi connectivity index (χ0v) is 23.5. The molecule has 0 aliphatic rings. The number of aromatic nitrogens is 4. The highest BCUT2D eigenvalue weighted by Crippen LogP contribution is 2.31. The van der Waals surface area contributed by atoms with Crippen LogP contribution >= 0.6 is 0 Å². The van der Waals surface area contributed by atoms with Crippen molar-refractivity contribution in [2.45, 2.75) is 0 Å². The molecule has 4 heteroatoms. The number of aryl methyl sites for hydroxylation is 2. The standard InChI is InChI=1S/C38H28N4/c1-41-35-9-5-3-7-33(35)39-37(41)28-17-11-25(12-18-28)30-21-15-27-16-22-31(24-32(27)23-30)26-13-19-29(20-14-26)38-40-34-8-4-6-10-36(34)42(38)2/h3-24H,1-2H3/p+1. The van der Waals surface area contributed by atoms with Crippen LogP contribution in [0.4, 0.5) is 0 Å². The molecular formula is C38H29N4+. The van der Waals surface area contributed by atoms with Crippen LogP contribution in [0.15, 0.2) is 133 Å². The Morgan fingerprint density at radius 2 is 1.14 bits per heavy atom. The highest BCUT2D eigenvalue weighted by Gasteiger charge is 2.17. The number of H-pyrrole nitrogens is 1. The van der Waals surface area contributed by atoms with Gasteiger partial charge in [-0.2, -0.15) is 0 Å². The van der Waals surface area contributed by atoms with Crippen molar-refractivity contribution in [1.82, 2.24) is 14.5 Å². The van der Waals surface area contributed by atoms with E-state index in [9.17, 15) is 0 Å². The normalized spacial score (nSPS) is 11.6. The summed E-state index contributed by atoms with van der Waals surface area (Å²) in [5.74, 6) is 2.09. The second-order valence-corrected chi connectivity index (χ2v) is 11.0.